The van der Waals surface area contributed by atoms with Crippen LogP contribution >= 0.6 is 0 Å². The lowest BCUT2D eigenvalue weighted by Crippen LogP contribution is -2.57. The van der Waals surface area contributed by atoms with Gasteiger partial charge in [-0.25, -0.2) is 0 Å². The molecule has 0 N–H and O–H groups in total. The Hall–Kier alpha value is -3.35. The van der Waals surface area contributed by atoms with Gasteiger partial charge in [0, 0.05) is 38.4 Å². The van der Waals surface area contributed by atoms with E-state index < -0.39 is 5.54 Å². The number of piperidine rings is 1. The molecule has 186 valence electrons. The molecule has 2 aliphatic rings. The first-order valence-corrected chi connectivity index (χ1v) is 12.2. The molecule has 2 heterocycles. The van der Waals surface area contributed by atoms with Gasteiger partial charge in [-0.2, -0.15) is 0 Å². The number of para-hydroxylation sites is 1. The van der Waals surface area contributed by atoms with Crippen molar-refractivity contribution >= 4 is 23.4 Å². The van der Waals surface area contributed by atoms with E-state index in [1.165, 1.54) is 10.5 Å². The van der Waals surface area contributed by atoms with Crippen LogP contribution in [0.2, 0.25) is 0 Å². The van der Waals surface area contributed by atoms with Crippen LogP contribution in [-0.2, 0) is 15.0 Å². The molecule has 0 radical (unpaired) electrons. The quantitative estimate of drug-likeness (QED) is 0.679. The van der Waals surface area contributed by atoms with Crippen LogP contribution in [0.15, 0.2) is 54.6 Å². The van der Waals surface area contributed by atoms with Gasteiger partial charge in [0.2, 0.25) is 5.91 Å². The lowest BCUT2D eigenvalue weighted by Gasteiger charge is -2.43. The number of likely N-dealkylation sites (tertiary alicyclic amines) is 1. The summed E-state index contributed by atoms with van der Waals surface area (Å²) >= 11 is 0. The van der Waals surface area contributed by atoms with Crippen LogP contribution in [-0.4, -0.2) is 78.4 Å². The Bertz CT molecular complexity index is 1080. The van der Waals surface area contributed by atoms with Gasteiger partial charge in [-0.15, -0.1) is 0 Å². The van der Waals surface area contributed by atoms with E-state index in [0.717, 1.165) is 5.69 Å². The predicted molar refractivity (Wildman–Crippen MR) is 137 cm³/mol. The van der Waals surface area contributed by atoms with Crippen LogP contribution < -0.4 is 4.90 Å². The molecule has 1 spiro atoms. The van der Waals surface area contributed by atoms with Gasteiger partial charge in [-0.1, -0.05) is 51.1 Å². The molecule has 2 fully saturated rings. The van der Waals surface area contributed by atoms with Crippen molar-refractivity contribution in [2.45, 2.75) is 44.6 Å². The number of carbonyl (C=O) groups excluding carboxylic acids is 3. The summed E-state index contributed by atoms with van der Waals surface area (Å²) in [7, 11) is 3.40. The third-order valence-corrected chi connectivity index (χ3v) is 7.28. The number of amides is 3. The highest BCUT2D eigenvalue weighted by molar-refractivity contribution is 5.97. The topological polar surface area (TPSA) is 64.2 Å². The van der Waals surface area contributed by atoms with E-state index in [1.807, 2.05) is 59.5 Å². The van der Waals surface area contributed by atoms with Crippen LogP contribution in [0.25, 0.3) is 0 Å². The Morgan fingerprint density at radius 3 is 2.09 bits per heavy atom. The molecule has 0 saturated carbocycles. The summed E-state index contributed by atoms with van der Waals surface area (Å²) in [4.78, 5) is 46.5. The van der Waals surface area contributed by atoms with Gasteiger partial charge >= 0.3 is 0 Å². The van der Waals surface area contributed by atoms with E-state index in [4.69, 9.17) is 0 Å². The fourth-order valence-electron chi connectivity index (χ4n) is 5.00. The molecule has 2 aliphatic heterocycles. The first kappa shape index (κ1) is 24.8. The van der Waals surface area contributed by atoms with Crippen molar-refractivity contribution in [3.05, 3.63) is 65.7 Å². The molecular weight excluding hydrogens is 440 g/mol. The molecule has 7 nitrogen and oxygen atoms in total. The van der Waals surface area contributed by atoms with Crippen LogP contribution in [0, 0.1) is 0 Å². The van der Waals surface area contributed by atoms with Crippen LogP contribution in [0.5, 0.6) is 0 Å². The average Bonchev–Trinajstić information content (AvgIpc) is 3.10. The first-order chi connectivity index (χ1) is 16.5. The maximum Gasteiger partial charge on any atom is 0.253 e. The van der Waals surface area contributed by atoms with Crippen molar-refractivity contribution < 1.29 is 14.4 Å². The second-order valence-corrected chi connectivity index (χ2v) is 10.8. The second-order valence-electron chi connectivity index (χ2n) is 10.8. The van der Waals surface area contributed by atoms with Gasteiger partial charge in [0.1, 0.15) is 12.1 Å². The standard InChI is InChI=1S/C28H36N4O3/c1-27(2,3)22-13-11-21(12-14-22)25(34)30-17-15-28(16-18-30)26(35)31(19-24(33)29(4)5)20-32(28)23-9-7-6-8-10-23/h6-14H,15-20H2,1-5H3. The smallest absolute Gasteiger partial charge is 0.253 e. The molecule has 2 saturated heterocycles. The summed E-state index contributed by atoms with van der Waals surface area (Å²) in [5, 5.41) is 0. The number of rotatable bonds is 4. The lowest BCUT2D eigenvalue weighted by atomic mass is 9.84. The molecular formula is C28H36N4O3. The van der Waals surface area contributed by atoms with E-state index in [-0.39, 0.29) is 29.7 Å². The zero-order chi connectivity index (χ0) is 25.4. The molecule has 2 aromatic carbocycles. The Kier molecular flexibility index (Phi) is 6.62. The molecule has 0 atom stereocenters. The molecule has 7 heteroatoms. The van der Waals surface area contributed by atoms with Gasteiger partial charge in [0.05, 0.1) is 6.67 Å². The highest BCUT2D eigenvalue weighted by Gasteiger charge is 2.54. The van der Waals surface area contributed by atoms with E-state index in [1.54, 1.807) is 19.0 Å². The van der Waals surface area contributed by atoms with Gasteiger partial charge < -0.3 is 19.6 Å². The van der Waals surface area contributed by atoms with E-state index in [0.29, 0.717) is 38.2 Å². The van der Waals surface area contributed by atoms with Crippen LogP contribution in [0.4, 0.5) is 5.69 Å². The zero-order valence-corrected chi connectivity index (χ0v) is 21.5. The highest BCUT2D eigenvalue weighted by atomic mass is 16.2. The fourth-order valence-corrected chi connectivity index (χ4v) is 5.00. The maximum absolute atomic E-state index is 13.7. The Labute approximate surface area is 208 Å². The maximum atomic E-state index is 13.7. The number of anilines is 1. The predicted octanol–water partition coefficient (Wildman–Crippen LogP) is 3.35. The summed E-state index contributed by atoms with van der Waals surface area (Å²) in [6.07, 6.45) is 1.05. The summed E-state index contributed by atoms with van der Waals surface area (Å²) in [6, 6.07) is 17.7. The molecule has 0 aliphatic carbocycles. The number of nitrogens with zero attached hydrogens (tertiary/aromatic N) is 4. The summed E-state index contributed by atoms with van der Waals surface area (Å²) in [5.74, 6) is -0.135. The Morgan fingerprint density at radius 2 is 1.54 bits per heavy atom. The van der Waals surface area contributed by atoms with Crippen molar-refractivity contribution in [3.63, 3.8) is 0 Å². The number of benzene rings is 2. The third kappa shape index (κ3) is 4.77. The van der Waals surface area contributed by atoms with Crippen LogP contribution in [0.1, 0.15) is 49.5 Å². The average molecular weight is 477 g/mol. The zero-order valence-electron chi connectivity index (χ0n) is 21.5. The summed E-state index contributed by atoms with van der Waals surface area (Å²) < 4.78 is 0. The van der Waals surface area contributed by atoms with Crippen molar-refractivity contribution in [1.29, 1.82) is 0 Å². The van der Waals surface area contributed by atoms with Crippen molar-refractivity contribution in [1.82, 2.24) is 14.7 Å². The fraction of sp³-hybridized carbons (Fsp3) is 0.464. The largest absolute Gasteiger partial charge is 0.347 e. The highest BCUT2D eigenvalue weighted by Crippen LogP contribution is 2.39. The van der Waals surface area contributed by atoms with Gasteiger partial charge in [0.15, 0.2) is 0 Å². The molecule has 0 bridgehead atoms. The van der Waals surface area contributed by atoms with E-state index in [9.17, 15) is 14.4 Å². The van der Waals surface area contributed by atoms with Gasteiger partial charge in [0.25, 0.3) is 11.8 Å². The minimum absolute atomic E-state index is 0.00309. The van der Waals surface area contributed by atoms with Gasteiger partial charge in [-0.3, -0.25) is 14.4 Å². The van der Waals surface area contributed by atoms with E-state index in [2.05, 4.69) is 25.7 Å². The number of likely N-dealkylation sites (N-methyl/N-ethyl adjacent to an activating group) is 1. The number of hydrogen-bond donors (Lipinski definition) is 0. The number of hydrogen-bond acceptors (Lipinski definition) is 4. The molecule has 4 rings (SSSR count). The Balaban J connectivity index is 1.53. The molecule has 35 heavy (non-hydrogen) atoms. The summed E-state index contributed by atoms with van der Waals surface area (Å²) in [5.41, 5.74) is 2.10. The SMILES string of the molecule is CN(C)C(=O)CN1CN(c2ccccc2)C2(CCN(C(=O)c3ccc(C(C)(C)C)cc3)CC2)C1=O. The normalized spacial score (nSPS) is 17.7. The molecule has 3 amide bonds. The van der Waals surface area contributed by atoms with Crippen molar-refractivity contribution in [2.24, 2.45) is 0 Å². The van der Waals surface area contributed by atoms with Crippen molar-refractivity contribution in [2.75, 3.05) is 45.3 Å². The third-order valence-electron chi connectivity index (χ3n) is 7.28. The monoisotopic (exact) mass is 476 g/mol. The molecule has 0 aromatic heterocycles. The minimum atomic E-state index is -0.749. The van der Waals surface area contributed by atoms with Gasteiger partial charge in [-0.05, 0) is 48.1 Å². The Morgan fingerprint density at radius 1 is 0.943 bits per heavy atom. The minimum Gasteiger partial charge on any atom is -0.347 e. The number of carbonyl (C=O) groups is 3. The molecule has 0 unspecified atom stereocenters. The van der Waals surface area contributed by atoms with E-state index >= 15 is 0 Å². The van der Waals surface area contributed by atoms with Crippen molar-refractivity contribution in [3.8, 4) is 0 Å². The lowest BCUT2D eigenvalue weighted by molar-refractivity contribution is -0.139. The van der Waals surface area contributed by atoms with Crippen LogP contribution in [0.3, 0.4) is 0 Å². The second kappa shape index (κ2) is 9.36. The summed E-state index contributed by atoms with van der Waals surface area (Å²) in [6.45, 7) is 7.86. The first-order valence-electron chi connectivity index (χ1n) is 12.2. The molecule has 2 aromatic rings.